The van der Waals surface area contributed by atoms with Crippen LogP contribution in [0.15, 0.2) is 12.1 Å². The number of carbonyl (C=O) groups excluding carboxylic acids is 1. The minimum absolute atomic E-state index is 0.217. The van der Waals surface area contributed by atoms with E-state index in [-0.39, 0.29) is 17.8 Å². The predicted molar refractivity (Wildman–Crippen MR) is 63.1 cm³/mol. The van der Waals surface area contributed by atoms with E-state index in [1.807, 2.05) is 0 Å². The van der Waals surface area contributed by atoms with E-state index < -0.39 is 5.97 Å². The summed E-state index contributed by atoms with van der Waals surface area (Å²) >= 11 is 5.91. The first-order valence-electron chi connectivity index (χ1n) is 4.46. The Morgan fingerprint density at radius 2 is 2.25 bits per heavy atom. The van der Waals surface area contributed by atoms with Crippen LogP contribution in [0.1, 0.15) is 15.9 Å². The second-order valence-electron chi connectivity index (χ2n) is 2.92. The molecular formula is C11H11ClN2O2. The lowest BCUT2D eigenvalue weighted by atomic mass is 10.1. The van der Waals surface area contributed by atoms with Gasteiger partial charge in [0.25, 0.3) is 0 Å². The van der Waals surface area contributed by atoms with Crippen molar-refractivity contribution in [1.82, 2.24) is 0 Å². The van der Waals surface area contributed by atoms with Crippen LogP contribution in [0.2, 0.25) is 5.02 Å². The summed E-state index contributed by atoms with van der Waals surface area (Å²) < 4.78 is 4.58. The third-order valence-corrected chi connectivity index (χ3v) is 2.18. The van der Waals surface area contributed by atoms with Crippen LogP contribution in [0.5, 0.6) is 0 Å². The van der Waals surface area contributed by atoms with E-state index in [9.17, 15) is 4.79 Å². The highest BCUT2D eigenvalue weighted by Gasteiger charge is 2.12. The quantitative estimate of drug-likeness (QED) is 0.435. The van der Waals surface area contributed by atoms with Gasteiger partial charge in [-0.25, -0.2) is 4.79 Å². The van der Waals surface area contributed by atoms with Crippen LogP contribution in [0.4, 0.5) is 5.69 Å². The fourth-order valence-electron chi connectivity index (χ4n) is 1.12. The Kier molecular flexibility index (Phi) is 4.18. The van der Waals surface area contributed by atoms with E-state index in [4.69, 9.17) is 23.1 Å². The van der Waals surface area contributed by atoms with Crippen molar-refractivity contribution in [3.63, 3.8) is 0 Å². The summed E-state index contributed by atoms with van der Waals surface area (Å²) in [5, 5.41) is 0.381. The van der Waals surface area contributed by atoms with Gasteiger partial charge in [-0.2, -0.15) is 0 Å². The van der Waals surface area contributed by atoms with Crippen molar-refractivity contribution in [3.05, 3.63) is 28.3 Å². The summed E-state index contributed by atoms with van der Waals surface area (Å²) in [5.74, 6) is 4.88. The van der Waals surface area contributed by atoms with Crippen LogP contribution in [0.25, 0.3) is 0 Å². The first-order valence-corrected chi connectivity index (χ1v) is 4.84. The molecule has 4 N–H and O–H groups in total. The molecule has 0 bridgehead atoms. The number of hydrogen-bond acceptors (Lipinski definition) is 4. The fourth-order valence-corrected chi connectivity index (χ4v) is 1.34. The van der Waals surface area contributed by atoms with Crippen LogP contribution in [0.3, 0.4) is 0 Å². The van der Waals surface area contributed by atoms with Gasteiger partial charge in [-0.3, -0.25) is 0 Å². The largest absolute Gasteiger partial charge is 0.465 e. The Hall–Kier alpha value is -1.70. The van der Waals surface area contributed by atoms with Crippen molar-refractivity contribution in [2.45, 2.75) is 0 Å². The number of esters is 1. The zero-order valence-electron chi connectivity index (χ0n) is 8.71. The van der Waals surface area contributed by atoms with Gasteiger partial charge in [-0.1, -0.05) is 23.4 Å². The number of carbonyl (C=O) groups is 1. The topological polar surface area (TPSA) is 78.3 Å². The van der Waals surface area contributed by atoms with Gasteiger partial charge in [-0.05, 0) is 12.1 Å². The molecule has 1 aromatic rings. The summed E-state index contributed by atoms with van der Waals surface area (Å²) in [6, 6.07) is 2.96. The number of methoxy groups -OCH3 is 1. The Morgan fingerprint density at radius 3 is 2.81 bits per heavy atom. The molecule has 0 radical (unpaired) electrons. The summed E-state index contributed by atoms with van der Waals surface area (Å²) in [5.41, 5.74) is 11.9. The van der Waals surface area contributed by atoms with E-state index >= 15 is 0 Å². The molecule has 4 nitrogen and oxygen atoms in total. The lowest BCUT2D eigenvalue weighted by Gasteiger charge is -2.05. The number of ether oxygens (including phenoxy) is 1. The van der Waals surface area contributed by atoms with Crippen molar-refractivity contribution in [2.75, 3.05) is 19.4 Å². The first-order chi connectivity index (χ1) is 7.60. The standard InChI is InChI=1S/C11H11ClN2O2/c1-16-11(15)8-5-7(3-2-4-13)9(12)6-10(8)14/h5-6H,4,13-14H2,1H3. The molecule has 0 aliphatic carbocycles. The predicted octanol–water partition coefficient (Wildman–Crippen LogP) is 1.02. The number of benzene rings is 1. The van der Waals surface area contributed by atoms with Crippen LogP contribution >= 0.6 is 11.6 Å². The normalized spacial score (nSPS) is 9.19. The Balaban J connectivity index is 3.26. The molecule has 0 spiro atoms. The molecule has 0 unspecified atom stereocenters. The highest BCUT2D eigenvalue weighted by atomic mass is 35.5. The summed E-state index contributed by atoms with van der Waals surface area (Å²) in [4.78, 5) is 11.4. The SMILES string of the molecule is COC(=O)c1cc(C#CCN)c(Cl)cc1N. The molecule has 84 valence electrons. The smallest absolute Gasteiger partial charge is 0.340 e. The molecule has 5 heteroatoms. The van der Waals surface area contributed by atoms with Gasteiger partial charge in [-0.15, -0.1) is 0 Å². The maximum atomic E-state index is 11.4. The molecule has 0 saturated carbocycles. The number of hydrogen-bond donors (Lipinski definition) is 2. The molecule has 0 heterocycles. The van der Waals surface area contributed by atoms with Gasteiger partial charge in [0.05, 0.1) is 24.2 Å². The zero-order chi connectivity index (χ0) is 12.1. The highest BCUT2D eigenvalue weighted by molar-refractivity contribution is 6.32. The molecule has 0 aliphatic heterocycles. The Bertz CT molecular complexity index is 475. The van der Waals surface area contributed by atoms with E-state index in [0.29, 0.717) is 10.6 Å². The molecule has 0 fully saturated rings. The van der Waals surface area contributed by atoms with Crippen molar-refractivity contribution in [3.8, 4) is 11.8 Å². The van der Waals surface area contributed by atoms with Gasteiger partial charge in [0, 0.05) is 11.3 Å². The van der Waals surface area contributed by atoms with E-state index in [0.717, 1.165) is 0 Å². The number of anilines is 1. The van der Waals surface area contributed by atoms with Crippen molar-refractivity contribution < 1.29 is 9.53 Å². The van der Waals surface area contributed by atoms with Crippen LogP contribution in [0, 0.1) is 11.8 Å². The molecule has 1 aromatic carbocycles. The molecule has 16 heavy (non-hydrogen) atoms. The van der Waals surface area contributed by atoms with Gasteiger partial charge in [0.15, 0.2) is 0 Å². The average molecular weight is 239 g/mol. The van der Waals surface area contributed by atoms with E-state index in [1.54, 1.807) is 0 Å². The third-order valence-electron chi connectivity index (χ3n) is 1.87. The Labute approximate surface area is 98.5 Å². The van der Waals surface area contributed by atoms with Crippen molar-refractivity contribution >= 4 is 23.3 Å². The minimum Gasteiger partial charge on any atom is -0.465 e. The Morgan fingerprint density at radius 1 is 1.56 bits per heavy atom. The molecular weight excluding hydrogens is 228 g/mol. The lowest BCUT2D eigenvalue weighted by Crippen LogP contribution is -2.06. The van der Waals surface area contributed by atoms with Gasteiger partial charge in [0.2, 0.25) is 0 Å². The number of nitrogen functional groups attached to an aromatic ring is 1. The van der Waals surface area contributed by atoms with Gasteiger partial charge < -0.3 is 16.2 Å². The first kappa shape index (κ1) is 12.4. The van der Waals surface area contributed by atoms with E-state index in [2.05, 4.69) is 16.6 Å². The third kappa shape index (κ3) is 2.66. The second kappa shape index (κ2) is 5.40. The molecule has 0 aliphatic rings. The van der Waals surface area contributed by atoms with Crippen LogP contribution in [-0.2, 0) is 4.74 Å². The summed E-state index contributed by atoms with van der Waals surface area (Å²) in [6.07, 6.45) is 0. The maximum absolute atomic E-state index is 11.4. The molecule has 0 amide bonds. The number of nitrogens with two attached hydrogens (primary N) is 2. The van der Waals surface area contributed by atoms with E-state index in [1.165, 1.54) is 19.2 Å². The maximum Gasteiger partial charge on any atom is 0.340 e. The summed E-state index contributed by atoms with van der Waals surface area (Å²) in [6.45, 7) is 0.217. The van der Waals surface area contributed by atoms with Crippen molar-refractivity contribution in [2.24, 2.45) is 5.73 Å². The molecule has 0 aromatic heterocycles. The summed E-state index contributed by atoms with van der Waals surface area (Å²) in [7, 11) is 1.28. The van der Waals surface area contributed by atoms with Crippen LogP contribution in [-0.4, -0.2) is 19.6 Å². The average Bonchev–Trinajstić information content (AvgIpc) is 2.27. The minimum atomic E-state index is -0.523. The lowest BCUT2D eigenvalue weighted by molar-refractivity contribution is 0.0602. The van der Waals surface area contributed by atoms with Gasteiger partial charge >= 0.3 is 5.97 Å². The fraction of sp³-hybridized carbons (Fsp3) is 0.182. The van der Waals surface area contributed by atoms with Crippen molar-refractivity contribution in [1.29, 1.82) is 0 Å². The number of halogens is 1. The monoisotopic (exact) mass is 238 g/mol. The molecule has 0 atom stereocenters. The van der Waals surface area contributed by atoms with Gasteiger partial charge in [0.1, 0.15) is 0 Å². The second-order valence-corrected chi connectivity index (χ2v) is 3.32. The van der Waals surface area contributed by atoms with Crippen LogP contribution < -0.4 is 11.5 Å². The zero-order valence-corrected chi connectivity index (χ0v) is 9.47. The number of rotatable bonds is 1. The molecule has 1 rings (SSSR count). The molecule has 0 saturated heterocycles. The highest BCUT2D eigenvalue weighted by Crippen LogP contribution is 2.23.